The SMILES string of the molecule is C1CCC(NCC2CCC3(CCCC3)O2)CC1. The van der Waals surface area contributed by atoms with E-state index in [0.29, 0.717) is 11.7 Å². The Morgan fingerprint density at radius 3 is 2.41 bits per heavy atom. The summed E-state index contributed by atoms with van der Waals surface area (Å²) in [6, 6.07) is 0.785. The standard InChI is InChI=1S/C15H27NO/c1-2-6-13(7-3-1)16-12-14-8-11-15(17-14)9-4-5-10-15/h13-14,16H,1-12H2. The van der Waals surface area contributed by atoms with E-state index in [-0.39, 0.29) is 0 Å². The van der Waals surface area contributed by atoms with Gasteiger partial charge in [0.2, 0.25) is 0 Å². The minimum absolute atomic E-state index is 0.318. The molecule has 0 bridgehead atoms. The highest BCUT2D eigenvalue weighted by Gasteiger charge is 2.41. The second-order valence-corrected chi connectivity index (χ2v) is 6.41. The maximum absolute atomic E-state index is 6.34. The first-order valence-electron chi connectivity index (χ1n) is 7.78. The Bertz CT molecular complexity index is 241. The minimum atomic E-state index is 0.318. The summed E-state index contributed by atoms with van der Waals surface area (Å²) in [6.45, 7) is 1.10. The molecule has 3 fully saturated rings. The van der Waals surface area contributed by atoms with Gasteiger partial charge < -0.3 is 10.1 Å². The maximum Gasteiger partial charge on any atom is 0.0708 e. The van der Waals surface area contributed by atoms with Crippen molar-refractivity contribution in [1.29, 1.82) is 0 Å². The van der Waals surface area contributed by atoms with E-state index in [1.54, 1.807) is 0 Å². The van der Waals surface area contributed by atoms with Gasteiger partial charge in [-0.25, -0.2) is 0 Å². The van der Waals surface area contributed by atoms with Gasteiger partial charge in [-0.1, -0.05) is 32.1 Å². The first kappa shape index (κ1) is 12.0. The quantitative estimate of drug-likeness (QED) is 0.812. The summed E-state index contributed by atoms with van der Waals surface area (Å²) in [7, 11) is 0. The molecule has 2 aliphatic carbocycles. The molecule has 1 atom stereocenters. The summed E-state index contributed by atoms with van der Waals surface area (Å²) < 4.78 is 6.34. The number of hydrogen-bond donors (Lipinski definition) is 1. The van der Waals surface area contributed by atoms with Gasteiger partial charge in [0, 0.05) is 12.6 Å². The van der Waals surface area contributed by atoms with Crippen LogP contribution in [0.15, 0.2) is 0 Å². The van der Waals surface area contributed by atoms with Gasteiger partial charge in [-0.2, -0.15) is 0 Å². The monoisotopic (exact) mass is 237 g/mol. The van der Waals surface area contributed by atoms with Crippen LogP contribution in [0.3, 0.4) is 0 Å². The van der Waals surface area contributed by atoms with Gasteiger partial charge in [-0.05, 0) is 38.5 Å². The first-order chi connectivity index (χ1) is 8.36. The lowest BCUT2D eigenvalue weighted by Crippen LogP contribution is -2.37. The van der Waals surface area contributed by atoms with Crippen LogP contribution in [-0.4, -0.2) is 24.3 Å². The molecule has 98 valence electrons. The van der Waals surface area contributed by atoms with Crippen molar-refractivity contribution in [3.8, 4) is 0 Å². The fourth-order valence-corrected chi connectivity index (χ4v) is 4.03. The molecule has 1 N–H and O–H groups in total. The summed E-state index contributed by atoms with van der Waals surface area (Å²) in [5.41, 5.74) is 0.318. The van der Waals surface area contributed by atoms with E-state index in [2.05, 4.69) is 5.32 Å². The lowest BCUT2D eigenvalue weighted by Gasteiger charge is -2.27. The third-order valence-electron chi connectivity index (χ3n) is 5.09. The van der Waals surface area contributed by atoms with Crippen LogP contribution >= 0.6 is 0 Å². The smallest absolute Gasteiger partial charge is 0.0708 e. The molecule has 2 saturated carbocycles. The van der Waals surface area contributed by atoms with Crippen molar-refractivity contribution >= 4 is 0 Å². The van der Waals surface area contributed by atoms with Crippen LogP contribution in [0, 0.1) is 0 Å². The zero-order chi connectivity index (χ0) is 11.6. The van der Waals surface area contributed by atoms with Crippen molar-refractivity contribution in [1.82, 2.24) is 5.32 Å². The molecule has 0 aromatic carbocycles. The highest BCUT2D eigenvalue weighted by molar-refractivity contribution is 4.93. The van der Waals surface area contributed by atoms with Crippen molar-refractivity contribution in [3.63, 3.8) is 0 Å². The second-order valence-electron chi connectivity index (χ2n) is 6.41. The van der Waals surface area contributed by atoms with E-state index in [0.717, 1.165) is 12.6 Å². The molecule has 2 heteroatoms. The van der Waals surface area contributed by atoms with Crippen molar-refractivity contribution < 1.29 is 4.74 Å². The molecule has 2 nitrogen and oxygen atoms in total. The first-order valence-corrected chi connectivity index (χ1v) is 7.78. The van der Waals surface area contributed by atoms with E-state index in [9.17, 15) is 0 Å². The second kappa shape index (κ2) is 5.27. The van der Waals surface area contributed by atoms with Crippen LogP contribution in [0.1, 0.15) is 70.6 Å². The Morgan fingerprint density at radius 1 is 0.882 bits per heavy atom. The zero-order valence-electron chi connectivity index (χ0n) is 11.0. The van der Waals surface area contributed by atoms with Gasteiger partial charge in [0.05, 0.1) is 11.7 Å². The summed E-state index contributed by atoms with van der Waals surface area (Å²) in [6.07, 6.45) is 15.6. The van der Waals surface area contributed by atoms with Crippen LogP contribution in [0.25, 0.3) is 0 Å². The van der Waals surface area contributed by atoms with Crippen molar-refractivity contribution in [2.24, 2.45) is 0 Å². The largest absolute Gasteiger partial charge is 0.370 e. The van der Waals surface area contributed by atoms with Gasteiger partial charge in [0.1, 0.15) is 0 Å². The molecule has 0 radical (unpaired) electrons. The molecule has 1 heterocycles. The molecule has 1 saturated heterocycles. The fourth-order valence-electron chi connectivity index (χ4n) is 4.03. The Morgan fingerprint density at radius 2 is 1.65 bits per heavy atom. The van der Waals surface area contributed by atoms with E-state index >= 15 is 0 Å². The minimum Gasteiger partial charge on any atom is -0.370 e. The molecular formula is C15H27NO. The summed E-state index contributed by atoms with van der Waals surface area (Å²) in [5, 5.41) is 3.74. The van der Waals surface area contributed by atoms with Crippen LogP contribution in [0.2, 0.25) is 0 Å². The number of nitrogens with one attached hydrogen (secondary N) is 1. The lowest BCUT2D eigenvalue weighted by molar-refractivity contribution is -0.0361. The molecular weight excluding hydrogens is 210 g/mol. The van der Waals surface area contributed by atoms with E-state index in [1.165, 1.54) is 70.6 Å². The van der Waals surface area contributed by atoms with Crippen molar-refractivity contribution in [2.75, 3.05) is 6.54 Å². The topological polar surface area (TPSA) is 21.3 Å². The predicted octanol–water partition coefficient (Wildman–Crippen LogP) is 3.40. The molecule has 1 aliphatic heterocycles. The van der Waals surface area contributed by atoms with Crippen LogP contribution < -0.4 is 5.32 Å². The Hall–Kier alpha value is -0.0800. The molecule has 0 aromatic rings. The van der Waals surface area contributed by atoms with Gasteiger partial charge in [0.25, 0.3) is 0 Å². The van der Waals surface area contributed by atoms with Gasteiger partial charge >= 0.3 is 0 Å². The Labute approximate surface area is 105 Å². The van der Waals surface area contributed by atoms with E-state index < -0.39 is 0 Å². The third-order valence-corrected chi connectivity index (χ3v) is 5.09. The third kappa shape index (κ3) is 2.85. The summed E-state index contributed by atoms with van der Waals surface area (Å²) in [4.78, 5) is 0. The van der Waals surface area contributed by atoms with Crippen molar-refractivity contribution in [3.05, 3.63) is 0 Å². The van der Waals surface area contributed by atoms with Crippen LogP contribution in [0.5, 0.6) is 0 Å². The normalized spacial score (nSPS) is 33.5. The molecule has 1 unspecified atom stereocenters. The molecule has 1 spiro atoms. The van der Waals surface area contributed by atoms with Crippen molar-refractivity contribution in [2.45, 2.75) is 88.4 Å². The average molecular weight is 237 g/mol. The average Bonchev–Trinajstić information content (AvgIpc) is 2.99. The predicted molar refractivity (Wildman–Crippen MR) is 70.2 cm³/mol. The highest BCUT2D eigenvalue weighted by atomic mass is 16.5. The molecule has 3 aliphatic rings. The Balaban J connectivity index is 1.41. The lowest BCUT2D eigenvalue weighted by atomic mass is 9.95. The molecule has 0 amide bonds. The zero-order valence-corrected chi connectivity index (χ0v) is 11.0. The van der Waals surface area contributed by atoms with Gasteiger partial charge in [-0.3, -0.25) is 0 Å². The maximum atomic E-state index is 6.34. The number of ether oxygens (including phenoxy) is 1. The highest BCUT2D eigenvalue weighted by Crippen LogP contribution is 2.43. The van der Waals surface area contributed by atoms with E-state index in [1.807, 2.05) is 0 Å². The number of rotatable bonds is 3. The van der Waals surface area contributed by atoms with E-state index in [4.69, 9.17) is 4.74 Å². The fraction of sp³-hybridized carbons (Fsp3) is 1.00. The number of hydrogen-bond acceptors (Lipinski definition) is 2. The van der Waals surface area contributed by atoms with Gasteiger partial charge in [-0.15, -0.1) is 0 Å². The molecule has 3 rings (SSSR count). The van der Waals surface area contributed by atoms with Gasteiger partial charge in [0.15, 0.2) is 0 Å². The summed E-state index contributed by atoms with van der Waals surface area (Å²) in [5.74, 6) is 0. The summed E-state index contributed by atoms with van der Waals surface area (Å²) >= 11 is 0. The van der Waals surface area contributed by atoms with Crippen LogP contribution in [-0.2, 0) is 4.74 Å². The van der Waals surface area contributed by atoms with Crippen LogP contribution in [0.4, 0.5) is 0 Å². The molecule has 0 aromatic heterocycles. The Kier molecular flexibility index (Phi) is 3.72. The molecule has 17 heavy (non-hydrogen) atoms.